The Morgan fingerprint density at radius 1 is 1.36 bits per heavy atom. The Morgan fingerprint density at radius 3 is 2.96 bits per heavy atom. The van der Waals surface area contributed by atoms with Gasteiger partial charge in [0.15, 0.2) is 11.5 Å². The first-order valence-electron chi connectivity index (χ1n) is 8.64. The normalized spacial score (nSPS) is 13.7. The van der Waals surface area contributed by atoms with E-state index < -0.39 is 5.25 Å². The Kier molecular flexibility index (Phi) is 5.03. The van der Waals surface area contributed by atoms with Crippen molar-refractivity contribution in [3.05, 3.63) is 44.8 Å². The van der Waals surface area contributed by atoms with Crippen LogP contribution in [-0.2, 0) is 10.5 Å². The zero-order valence-corrected chi connectivity index (χ0v) is 17.2. The topological polar surface area (TPSA) is 90.5 Å². The molecule has 9 heteroatoms. The average Bonchev–Trinajstić information content (AvgIpc) is 3.23. The molecule has 3 aromatic rings. The molecule has 0 fully saturated rings. The standard InChI is InChI=1S/C19H18N2O5S2/c1-9-10(2)28-18-16(9)17(22)20-15(21-18)7-27-11(3)19(23)26-12-4-5-13-14(6-12)25-8-24-13/h4-6,11H,7-8H2,1-3H3,(H,20,21,22). The number of esters is 1. The van der Waals surface area contributed by atoms with E-state index in [1.807, 2.05) is 13.8 Å². The highest BCUT2D eigenvalue weighted by Crippen LogP contribution is 2.35. The van der Waals surface area contributed by atoms with Crippen molar-refractivity contribution in [1.82, 2.24) is 9.97 Å². The highest BCUT2D eigenvalue weighted by Gasteiger charge is 2.20. The van der Waals surface area contributed by atoms with Gasteiger partial charge >= 0.3 is 5.97 Å². The summed E-state index contributed by atoms with van der Waals surface area (Å²) in [4.78, 5) is 33.8. The lowest BCUT2D eigenvalue weighted by Crippen LogP contribution is -2.20. The van der Waals surface area contributed by atoms with E-state index in [2.05, 4.69) is 9.97 Å². The molecule has 0 saturated heterocycles. The van der Waals surface area contributed by atoms with Gasteiger partial charge in [-0.1, -0.05) is 0 Å². The molecule has 7 nitrogen and oxygen atoms in total. The molecule has 3 heterocycles. The van der Waals surface area contributed by atoms with Crippen LogP contribution in [0.2, 0.25) is 0 Å². The molecule has 1 N–H and O–H groups in total. The molecule has 0 saturated carbocycles. The van der Waals surface area contributed by atoms with Gasteiger partial charge in [0.2, 0.25) is 6.79 Å². The van der Waals surface area contributed by atoms with E-state index in [0.717, 1.165) is 15.3 Å². The molecule has 4 rings (SSSR count). The predicted octanol–water partition coefficient (Wildman–Crippen LogP) is 3.56. The number of fused-ring (bicyclic) bond motifs is 2. The van der Waals surface area contributed by atoms with Crippen molar-refractivity contribution in [3.63, 3.8) is 0 Å². The molecule has 1 aliphatic heterocycles. The van der Waals surface area contributed by atoms with Gasteiger partial charge in [0, 0.05) is 10.9 Å². The van der Waals surface area contributed by atoms with Crippen LogP contribution in [0.5, 0.6) is 17.2 Å². The number of aryl methyl sites for hydroxylation is 2. The summed E-state index contributed by atoms with van der Waals surface area (Å²) in [6.07, 6.45) is 0. The van der Waals surface area contributed by atoms with Crippen LogP contribution in [0.3, 0.4) is 0 Å². The van der Waals surface area contributed by atoms with Crippen LogP contribution < -0.4 is 19.8 Å². The van der Waals surface area contributed by atoms with E-state index in [1.165, 1.54) is 23.1 Å². The predicted molar refractivity (Wildman–Crippen MR) is 109 cm³/mol. The van der Waals surface area contributed by atoms with Gasteiger partial charge < -0.3 is 19.2 Å². The fourth-order valence-electron chi connectivity index (χ4n) is 2.78. The minimum absolute atomic E-state index is 0.141. The summed E-state index contributed by atoms with van der Waals surface area (Å²) < 4.78 is 15.9. The van der Waals surface area contributed by atoms with E-state index in [-0.39, 0.29) is 18.3 Å². The molecule has 0 spiro atoms. The van der Waals surface area contributed by atoms with Gasteiger partial charge in [-0.05, 0) is 38.5 Å². The largest absolute Gasteiger partial charge is 0.454 e. The number of carbonyl (C=O) groups is 1. The van der Waals surface area contributed by atoms with Crippen molar-refractivity contribution in [2.75, 3.05) is 6.79 Å². The second-order valence-electron chi connectivity index (χ2n) is 6.37. The van der Waals surface area contributed by atoms with Crippen molar-refractivity contribution in [1.29, 1.82) is 0 Å². The maximum atomic E-state index is 12.4. The molecule has 146 valence electrons. The summed E-state index contributed by atoms with van der Waals surface area (Å²) in [5.41, 5.74) is 0.826. The Bertz CT molecular complexity index is 1120. The number of thioether (sulfide) groups is 1. The third kappa shape index (κ3) is 3.59. The molecule has 0 bridgehead atoms. The zero-order valence-electron chi connectivity index (χ0n) is 15.5. The molecule has 1 aliphatic rings. The number of nitrogens with zero attached hydrogens (tertiary/aromatic N) is 1. The first kappa shape index (κ1) is 18.8. The Labute approximate surface area is 169 Å². The summed E-state index contributed by atoms with van der Waals surface area (Å²) in [5, 5.41) is 0.213. The zero-order chi connectivity index (χ0) is 19.8. The number of hydrogen-bond acceptors (Lipinski definition) is 8. The molecule has 2 aromatic heterocycles. The van der Waals surface area contributed by atoms with Gasteiger partial charge in [-0.2, -0.15) is 0 Å². The molecule has 1 unspecified atom stereocenters. The number of H-pyrrole nitrogens is 1. The summed E-state index contributed by atoms with van der Waals surface area (Å²) in [6, 6.07) is 5.00. The summed E-state index contributed by atoms with van der Waals surface area (Å²) in [7, 11) is 0. The number of thiophene rings is 1. The number of ether oxygens (including phenoxy) is 3. The fourth-order valence-corrected chi connectivity index (χ4v) is 4.56. The van der Waals surface area contributed by atoms with Crippen molar-refractivity contribution >= 4 is 39.3 Å². The lowest BCUT2D eigenvalue weighted by Gasteiger charge is -2.11. The highest BCUT2D eigenvalue weighted by molar-refractivity contribution is 7.99. The molecule has 0 aliphatic carbocycles. The Hall–Kier alpha value is -2.52. The molecule has 0 amide bonds. The van der Waals surface area contributed by atoms with Crippen molar-refractivity contribution in [3.8, 4) is 17.2 Å². The van der Waals surface area contributed by atoms with Crippen LogP contribution in [0.4, 0.5) is 0 Å². The number of nitrogens with one attached hydrogen (secondary N) is 1. The SMILES string of the molecule is Cc1sc2nc(CSC(C)C(=O)Oc3ccc4c(c3)OCO4)[nH]c(=O)c2c1C. The first-order valence-corrected chi connectivity index (χ1v) is 10.5. The smallest absolute Gasteiger partial charge is 0.324 e. The highest BCUT2D eigenvalue weighted by atomic mass is 32.2. The molecular weight excluding hydrogens is 400 g/mol. The van der Waals surface area contributed by atoms with Gasteiger partial charge in [-0.25, -0.2) is 4.98 Å². The quantitative estimate of drug-likeness (QED) is 0.500. The van der Waals surface area contributed by atoms with Crippen molar-refractivity contribution in [2.45, 2.75) is 31.8 Å². The summed E-state index contributed by atoms with van der Waals surface area (Å²) in [5.74, 6) is 2.16. The lowest BCUT2D eigenvalue weighted by atomic mass is 10.2. The molecule has 0 radical (unpaired) electrons. The minimum Gasteiger partial charge on any atom is -0.454 e. The molecular formula is C19H18N2O5S2. The lowest BCUT2D eigenvalue weighted by molar-refractivity contribution is -0.133. The number of aromatic amines is 1. The Morgan fingerprint density at radius 2 is 2.14 bits per heavy atom. The number of carbonyl (C=O) groups excluding carboxylic acids is 1. The number of hydrogen-bond donors (Lipinski definition) is 1. The van der Waals surface area contributed by atoms with E-state index in [0.29, 0.717) is 34.2 Å². The molecule has 28 heavy (non-hydrogen) atoms. The average molecular weight is 418 g/mol. The third-order valence-corrected chi connectivity index (χ3v) is 6.69. The van der Waals surface area contributed by atoms with Crippen LogP contribution >= 0.6 is 23.1 Å². The van der Waals surface area contributed by atoms with Crippen LogP contribution in [-0.4, -0.2) is 28.0 Å². The minimum atomic E-state index is -0.432. The maximum Gasteiger partial charge on any atom is 0.324 e. The van der Waals surface area contributed by atoms with Crippen LogP contribution in [0.15, 0.2) is 23.0 Å². The van der Waals surface area contributed by atoms with Gasteiger partial charge in [0.05, 0.1) is 11.1 Å². The first-order chi connectivity index (χ1) is 13.4. The van der Waals surface area contributed by atoms with Crippen molar-refractivity contribution in [2.24, 2.45) is 0 Å². The van der Waals surface area contributed by atoms with Crippen LogP contribution in [0.1, 0.15) is 23.2 Å². The molecule has 1 aromatic carbocycles. The van der Waals surface area contributed by atoms with E-state index >= 15 is 0 Å². The summed E-state index contributed by atoms with van der Waals surface area (Å²) in [6.45, 7) is 5.82. The maximum absolute atomic E-state index is 12.4. The van der Waals surface area contributed by atoms with Crippen LogP contribution in [0.25, 0.3) is 10.2 Å². The van der Waals surface area contributed by atoms with E-state index in [1.54, 1.807) is 25.1 Å². The fraction of sp³-hybridized carbons (Fsp3) is 0.316. The number of rotatable bonds is 5. The van der Waals surface area contributed by atoms with E-state index in [9.17, 15) is 9.59 Å². The van der Waals surface area contributed by atoms with Gasteiger partial charge in [-0.15, -0.1) is 23.1 Å². The second-order valence-corrected chi connectivity index (χ2v) is 8.90. The second kappa shape index (κ2) is 7.48. The Balaban J connectivity index is 1.41. The number of aromatic nitrogens is 2. The van der Waals surface area contributed by atoms with Crippen LogP contribution in [0, 0.1) is 13.8 Å². The van der Waals surface area contributed by atoms with Crippen molar-refractivity contribution < 1.29 is 19.0 Å². The van der Waals surface area contributed by atoms with Gasteiger partial charge in [0.25, 0.3) is 5.56 Å². The third-order valence-electron chi connectivity index (χ3n) is 4.45. The number of benzene rings is 1. The molecule has 1 atom stereocenters. The monoisotopic (exact) mass is 418 g/mol. The van der Waals surface area contributed by atoms with E-state index in [4.69, 9.17) is 14.2 Å². The summed E-state index contributed by atoms with van der Waals surface area (Å²) >= 11 is 2.86. The van der Waals surface area contributed by atoms with Gasteiger partial charge in [0.1, 0.15) is 21.7 Å². The van der Waals surface area contributed by atoms with Gasteiger partial charge in [-0.3, -0.25) is 9.59 Å².